The molecule has 0 unspecified atom stereocenters. The van der Waals surface area contributed by atoms with E-state index in [-0.39, 0.29) is 6.61 Å². The fraction of sp³-hybridized carbons (Fsp3) is 0.200. The largest absolute Gasteiger partial charge is 0.396 e. The van der Waals surface area contributed by atoms with E-state index in [4.69, 9.17) is 28.9 Å². The number of thiocarbonyl (C=S) groups is 1. The van der Waals surface area contributed by atoms with Crippen molar-refractivity contribution in [2.75, 3.05) is 18.5 Å². The number of anilines is 1. The molecule has 1 heterocycles. The predicted molar refractivity (Wildman–Crippen MR) is 95.7 cm³/mol. The minimum atomic E-state index is 0.139. The van der Waals surface area contributed by atoms with Crippen LogP contribution in [0.1, 0.15) is 6.42 Å². The van der Waals surface area contributed by atoms with Crippen LogP contribution >= 0.6 is 35.6 Å². The van der Waals surface area contributed by atoms with Gasteiger partial charge in [0.1, 0.15) is 5.03 Å². The van der Waals surface area contributed by atoms with Crippen LogP contribution in [0.15, 0.2) is 52.5 Å². The maximum atomic E-state index is 8.77. The molecule has 0 bridgehead atoms. The quantitative estimate of drug-likeness (QED) is 0.545. The van der Waals surface area contributed by atoms with Gasteiger partial charge in [0.05, 0.1) is 5.69 Å². The topological polar surface area (TPSA) is 57.2 Å². The van der Waals surface area contributed by atoms with Gasteiger partial charge in [-0.1, -0.05) is 23.4 Å². The Kier molecular flexibility index (Phi) is 6.92. The van der Waals surface area contributed by atoms with Crippen LogP contribution in [0.25, 0.3) is 0 Å². The van der Waals surface area contributed by atoms with Crippen molar-refractivity contribution in [3.63, 3.8) is 0 Å². The van der Waals surface area contributed by atoms with E-state index < -0.39 is 0 Å². The standard InChI is InChI=1S/C15H16ClN3OS2/c16-11-4-6-12(7-5-11)22-14-13(3-1-8-17-14)19-15(21)18-9-2-10-20/h1,3-8,20H,2,9-10H2,(H2,18,19,21). The molecular weight excluding hydrogens is 338 g/mol. The van der Waals surface area contributed by atoms with Gasteiger partial charge in [-0.05, 0) is 55.0 Å². The van der Waals surface area contributed by atoms with Gasteiger partial charge in [-0.3, -0.25) is 0 Å². The zero-order valence-electron chi connectivity index (χ0n) is 11.8. The third-order valence-corrected chi connectivity index (χ3v) is 4.19. The average molecular weight is 354 g/mol. The number of nitrogens with one attached hydrogen (secondary N) is 2. The lowest BCUT2D eigenvalue weighted by atomic mass is 10.4. The highest BCUT2D eigenvalue weighted by Gasteiger charge is 2.07. The number of rotatable bonds is 6. The summed E-state index contributed by atoms with van der Waals surface area (Å²) in [6, 6.07) is 11.4. The lowest BCUT2D eigenvalue weighted by molar-refractivity contribution is 0.289. The molecule has 0 saturated carbocycles. The molecule has 0 saturated heterocycles. The predicted octanol–water partition coefficient (Wildman–Crippen LogP) is 3.56. The number of hydrogen-bond donors (Lipinski definition) is 3. The maximum absolute atomic E-state index is 8.77. The van der Waals surface area contributed by atoms with Crippen LogP contribution in [0.3, 0.4) is 0 Å². The second kappa shape index (κ2) is 8.95. The number of benzene rings is 1. The van der Waals surface area contributed by atoms with E-state index in [0.717, 1.165) is 15.6 Å². The first-order valence-electron chi connectivity index (χ1n) is 6.73. The molecule has 2 rings (SSSR count). The summed E-state index contributed by atoms with van der Waals surface area (Å²) in [6.45, 7) is 0.766. The maximum Gasteiger partial charge on any atom is 0.170 e. The number of aliphatic hydroxyl groups is 1. The molecule has 1 aromatic carbocycles. The Bertz CT molecular complexity index is 622. The zero-order chi connectivity index (χ0) is 15.8. The lowest BCUT2D eigenvalue weighted by Gasteiger charge is -2.12. The van der Waals surface area contributed by atoms with E-state index in [1.807, 2.05) is 36.4 Å². The van der Waals surface area contributed by atoms with Gasteiger partial charge in [0, 0.05) is 29.3 Å². The Hall–Kier alpha value is -1.34. The summed E-state index contributed by atoms with van der Waals surface area (Å²) in [4.78, 5) is 5.43. The van der Waals surface area contributed by atoms with Crippen molar-refractivity contribution in [1.29, 1.82) is 0 Å². The minimum Gasteiger partial charge on any atom is -0.396 e. The number of pyridine rings is 1. The van der Waals surface area contributed by atoms with E-state index in [9.17, 15) is 0 Å². The Morgan fingerprint density at radius 2 is 2.05 bits per heavy atom. The molecule has 2 aromatic rings. The summed E-state index contributed by atoms with van der Waals surface area (Å²) < 4.78 is 0. The SMILES string of the molecule is OCCCNC(=S)Nc1cccnc1Sc1ccc(Cl)cc1. The molecule has 0 amide bonds. The third-order valence-electron chi connectivity index (χ3n) is 2.67. The minimum absolute atomic E-state index is 0.139. The summed E-state index contributed by atoms with van der Waals surface area (Å²) in [6.07, 6.45) is 2.40. The highest BCUT2D eigenvalue weighted by atomic mass is 35.5. The van der Waals surface area contributed by atoms with Gasteiger partial charge in [0.15, 0.2) is 5.11 Å². The van der Waals surface area contributed by atoms with Gasteiger partial charge >= 0.3 is 0 Å². The fourth-order valence-electron chi connectivity index (χ4n) is 1.63. The van der Waals surface area contributed by atoms with Crippen LogP contribution in [-0.2, 0) is 0 Å². The molecule has 0 atom stereocenters. The van der Waals surface area contributed by atoms with Crippen LogP contribution < -0.4 is 10.6 Å². The Balaban J connectivity index is 2.03. The molecule has 1 aromatic heterocycles. The number of hydrogen-bond acceptors (Lipinski definition) is 4. The number of nitrogens with zero attached hydrogens (tertiary/aromatic N) is 1. The van der Waals surface area contributed by atoms with Crippen LogP contribution in [-0.4, -0.2) is 28.4 Å². The molecule has 0 aliphatic carbocycles. The van der Waals surface area contributed by atoms with Crippen molar-refractivity contribution in [2.24, 2.45) is 0 Å². The highest BCUT2D eigenvalue weighted by molar-refractivity contribution is 7.99. The molecule has 0 aliphatic heterocycles. The molecule has 116 valence electrons. The Morgan fingerprint density at radius 3 is 2.77 bits per heavy atom. The third kappa shape index (κ3) is 5.46. The Morgan fingerprint density at radius 1 is 1.27 bits per heavy atom. The molecule has 0 fully saturated rings. The van der Waals surface area contributed by atoms with Crippen LogP contribution in [0.2, 0.25) is 5.02 Å². The summed E-state index contributed by atoms with van der Waals surface area (Å²) in [7, 11) is 0. The van der Waals surface area contributed by atoms with Crippen LogP contribution in [0.4, 0.5) is 5.69 Å². The van der Waals surface area contributed by atoms with Crippen LogP contribution in [0, 0.1) is 0 Å². The van der Waals surface area contributed by atoms with Gasteiger partial charge in [-0.25, -0.2) is 4.98 Å². The van der Waals surface area contributed by atoms with Gasteiger partial charge in [-0.15, -0.1) is 0 Å². The molecule has 7 heteroatoms. The van der Waals surface area contributed by atoms with Gasteiger partial charge < -0.3 is 15.7 Å². The second-order valence-electron chi connectivity index (χ2n) is 4.37. The number of halogens is 1. The molecule has 0 spiro atoms. The van der Waals surface area contributed by atoms with Gasteiger partial charge in [0.2, 0.25) is 0 Å². The summed E-state index contributed by atoms with van der Waals surface area (Å²) in [5.41, 5.74) is 0.837. The Labute approximate surface area is 144 Å². The van der Waals surface area contributed by atoms with E-state index >= 15 is 0 Å². The van der Waals surface area contributed by atoms with Crippen molar-refractivity contribution in [3.05, 3.63) is 47.6 Å². The summed E-state index contributed by atoms with van der Waals surface area (Å²) in [5.74, 6) is 0. The van der Waals surface area contributed by atoms with Crippen LogP contribution in [0.5, 0.6) is 0 Å². The van der Waals surface area contributed by atoms with E-state index in [0.29, 0.717) is 23.1 Å². The molecule has 3 N–H and O–H groups in total. The van der Waals surface area contributed by atoms with Crippen molar-refractivity contribution in [3.8, 4) is 0 Å². The summed E-state index contributed by atoms with van der Waals surface area (Å²) >= 11 is 12.7. The van der Waals surface area contributed by atoms with E-state index in [2.05, 4.69) is 15.6 Å². The highest BCUT2D eigenvalue weighted by Crippen LogP contribution is 2.31. The molecule has 4 nitrogen and oxygen atoms in total. The van der Waals surface area contributed by atoms with Crippen molar-refractivity contribution in [1.82, 2.24) is 10.3 Å². The average Bonchev–Trinajstić information content (AvgIpc) is 2.52. The monoisotopic (exact) mass is 353 g/mol. The first-order valence-corrected chi connectivity index (χ1v) is 8.33. The first kappa shape index (κ1) is 17.0. The normalized spacial score (nSPS) is 10.3. The first-order chi connectivity index (χ1) is 10.7. The molecule has 0 aliphatic rings. The molecule has 22 heavy (non-hydrogen) atoms. The smallest absolute Gasteiger partial charge is 0.170 e. The van der Waals surface area contributed by atoms with E-state index in [1.165, 1.54) is 11.8 Å². The number of aromatic nitrogens is 1. The number of aliphatic hydroxyl groups excluding tert-OH is 1. The van der Waals surface area contributed by atoms with Crippen molar-refractivity contribution >= 4 is 46.4 Å². The second-order valence-corrected chi connectivity index (χ2v) is 6.28. The fourth-order valence-corrected chi connectivity index (χ4v) is 2.81. The van der Waals surface area contributed by atoms with E-state index in [1.54, 1.807) is 6.20 Å². The van der Waals surface area contributed by atoms with Crippen molar-refractivity contribution in [2.45, 2.75) is 16.3 Å². The zero-order valence-corrected chi connectivity index (χ0v) is 14.1. The van der Waals surface area contributed by atoms with Gasteiger partial charge in [0.25, 0.3) is 0 Å². The van der Waals surface area contributed by atoms with Gasteiger partial charge in [-0.2, -0.15) is 0 Å². The van der Waals surface area contributed by atoms with Crippen molar-refractivity contribution < 1.29 is 5.11 Å². The summed E-state index contributed by atoms with van der Waals surface area (Å²) in [5, 5.41) is 17.0. The molecule has 0 radical (unpaired) electrons. The lowest BCUT2D eigenvalue weighted by Crippen LogP contribution is -2.29. The molecular formula is C15H16ClN3OS2.